The maximum atomic E-state index is 13.1. The Hall–Kier alpha value is -3.72. The molecule has 0 radical (unpaired) electrons. The number of hydrogen-bond donors (Lipinski definition) is 2. The summed E-state index contributed by atoms with van der Waals surface area (Å²) in [7, 11) is 0. The van der Waals surface area contributed by atoms with Crippen LogP contribution in [0.15, 0.2) is 54.9 Å². The monoisotopic (exact) mass is 511 g/mol. The van der Waals surface area contributed by atoms with E-state index in [0.717, 1.165) is 24.9 Å². The van der Waals surface area contributed by atoms with E-state index < -0.39 is 0 Å². The fraction of sp³-hybridized carbons (Fsp3) is 0.308. The van der Waals surface area contributed by atoms with E-state index in [2.05, 4.69) is 20.6 Å². The van der Waals surface area contributed by atoms with E-state index in [1.807, 2.05) is 4.90 Å². The molecule has 1 aromatic carbocycles. The Morgan fingerprint density at radius 1 is 1.19 bits per heavy atom. The SMILES string of the molecule is CCC(=O)Nc1cc(C(=O)NC2CCCN(c3ncc(OCc4ccc(F)cc4)cc3Cl)C2)ccn1. The van der Waals surface area contributed by atoms with Crippen molar-refractivity contribution in [1.82, 2.24) is 15.3 Å². The number of ether oxygens (including phenoxy) is 1. The van der Waals surface area contributed by atoms with Crippen molar-refractivity contribution in [3.63, 3.8) is 0 Å². The molecule has 3 aromatic rings. The Bertz CT molecular complexity index is 1220. The predicted molar refractivity (Wildman–Crippen MR) is 136 cm³/mol. The summed E-state index contributed by atoms with van der Waals surface area (Å²) in [5.41, 5.74) is 1.26. The summed E-state index contributed by atoms with van der Waals surface area (Å²) < 4.78 is 18.8. The first-order chi connectivity index (χ1) is 17.4. The molecule has 1 fully saturated rings. The Balaban J connectivity index is 1.35. The van der Waals surface area contributed by atoms with Gasteiger partial charge in [0.25, 0.3) is 5.91 Å². The summed E-state index contributed by atoms with van der Waals surface area (Å²) in [6.45, 7) is 3.33. The van der Waals surface area contributed by atoms with Crippen LogP contribution in [0.3, 0.4) is 0 Å². The number of anilines is 2. The van der Waals surface area contributed by atoms with Gasteiger partial charge in [-0.25, -0.2) is 14.4 Å². The average Bonchev–Trinajstić information content (AvgIpc) is 2.88. The van der Waals surface area contributed by atoms with E-state index in [9.17, 15) is 14.0 Å². The number of halogens is 2. The van der Waals surface area contributed by atoms with E-state index in [4.69, 9.17) is 16.3 Å². The van der Waals surface area contributed by atoms with Crippen LogP contribution in [0.4, 0.5) is 16.0 Å². The molecule has 0 saturated carbocycles. The van der Waals surface area contributed by atoms with Gasteiger partial charge in [-0.15, -0.1) is 0 Å². The minimum absolute atomic E-state index is 0.0969. The molecule has 1 aliphatic heterocycles. The lowest BCUT2D eigenvalue weighted by Gasteiger charge is -2.34. The van der Waals surface area contributed by atoms with Gasteiger partial charge in [-0.2, -0.15) is 0 Å². The molecule has 1 unspecified atom stereocenters. The van der Waals surface area contributed by atoms with Crippen molar-refractivity contribution >= 4 is 35.1 Å². The minimum atomic E-state index is -0.296. The van der Waals surface area contributed by atoms with Gasteiger partial charge in [0.15, 0.2) is 0 Å². The summed E-state index contributed by atoms with van der Waals surface area (Å²) in [6.07, 6.45) is 5.11. The zero-order valence-corrected chi connectivity index (χ0v) is 20.6. The lowest BCUT2D eigenvalue weighted by atomic mass is 10.0. The minimum Gasteiger partial charge on any atom is -0.487 e. The normalized spacial score (nSPS) is 15.3. The lowest BCUT2D eigenvalue weighted by Crippen LogP contribution is -2.48. The molecular weight excluding hydrogens is 485 g/mol. The summed E-state index contributed by atoms with van der Waals surface area (Å²) in [5, 5.41) is 6.17. The largest absolute Gasteiger partial charge is 0.487 e. The third-order valence-electron chi connectivity index (χ3n) is 5.78. The number of amides is 2. The van der Waals surface area contributed by atoms with Crippen molar-refractivity contribution in [1.29, 1.82) is 0 Å². The summed E-state index contributed by atoms with van der Waals surface area (Å²) >= 11 is 6.52. The van der Waals surface area contributed by atoms with Gasteiger partial charge in [0.2, 0.25) is 5.91 Å². The third-order valence-corrected chi connectivity index (χ3v) is 6.06. The zero-order chi connectivity index (χ0) is 25.5. The molecule has 1 saturated heterocycles. The van der Waals surface area contributed by atoms with Crippen LogP contribution in [-0.2, 0) is 11.4 Å². The van der Waals surface area contributed by atoms with Crippen molar-refractivity contribution in [3.05, 3.63) is 76.8 Å². The Morgan fingerprint density at radius 2 is 2.00 bits per heavy atom. The number of aromatic nitrogens is 2. The highest BCUT2D eigenvalue weighted by atomic mass is 35.5. The van der Waals surface area contributed by atoms with Crippen LogP contribution in [0, 0.1) is 5.82 Å². The highest BCUT2D eigenvalue weighted by Crippen LogP contribution is 2.29. The van der Waals surface area contributed by atoms with Crippen LogP contribution in [0.5, 0.6) is 5.75 Å². The number of nitrogens with zero attached hydrogens (tertiary/aromatic N) is 3. The maximum Gasteiger partial charge on any atom is 0.251 e. The van der Waals surface area contributed by atoms with Gasteiger partial charge < -0.3 is 20.3 Å². The Labute approximate surface area is 213 Å². The number of piperidine rings is 1. The molecule has 0 bridgehead atoms. The molecule has 3 heterocycles. The molecule has 1 aliphatic rings. The van der Waals surface area contributed by atoms with Crippen molar-refractivity contribution in [2.75, 3.05) is 23.3 Å². The van der Waals surface area contributed by atoms with Crippen LogP contribution >= 0.6 is 11.6 Å². The number of benzene rings is 1. The Kier molecular flexibility index (Phi) is 8.32. The van der Waals surface area contributed by atoms with Gasteiger partial charge in [0, 0.05) is 43.4 Å². The fourth-order valence-corrected chi connectivity index (χ4v) is 4.18. The van der Waals surface area contributed by atoms with E-state index in [1.54, 1.807) is 43.5 Å². The first-order valence-electron chi connectivity index (χ1n) is 11.8. The predicted octanol–water partition coefficient (Wildman–Crippen LogP) is 4.60. The van der Waals surface area contributed by atoms with E-state index in [0.29, 0.717) is 40.9 Å². The van der Waals surface area contributed by atoms with Gasteiger partial charge in [0.1, 0.15) is 29.8 Å². The molecule has 10 heteroatoms. The van der Waals surface area contributed by atoms with E-state index in [1.165, 1.54) is 18.3 Å². The van der Waals surface area contributed by atoms with Crippen LogP contribution in [0.25, 0.3) is 0 Å². The number of carbonyl (C=O) groups excluding carboxylic acids is 2. The van der Waals surface area contributed by atoms with Gasteiger partial charge in [-0.05, 0) is 42.7 Å². The molecule has 0 spiro atoms. The number of carbonyl (C=O) groups is 2. The summed E-state index contributed by atoms with van der Waals surface area (Å²) in [6, 6.07) is 10.9. The molecule has 2 N–H and O–H groups in total. The van der Waals surface area contributed by atoms with Crippen molar-refractivity contribution in [2.45, 2.75) is 38.8 Å². The van der Waals surface area contributed by atoms with Crippen molar-refractivity contribution < 1.29 is 18.7 Å². The smallest absolute Gasteiger partial charge is 0.251 e. The van der Waals surface area contributed by atoms with Crippen LogP contribution in [-0.4, -0.2) is 40.9 Å². The van der Waals surface area contributed by atoms with Gasteiger partial charge in [-0.3, -0.25) is 9.59 Å². The molecule has 2 amide bonds. The van der Waals surface area contributed by atoms with Crippen LogP contribution in [0.1, 0.15) is 42.1 Å². The molecule has 1 atom stereocenters. The number of hydrogen-bond acceptors (Lipinski definition) is 6. The second kappa shape index (κ2) is 11.8. The molecule has 0 aliphatic carbocycles. The standard InChI is InChI=1S/C26H27ClFN5O3/c1-2-24(34)32-23-12-18(9-10-29-23)26(35)31-20-4-3-11-33(15-20)25-22(27)13-21(14-30-25)36-16-17-5-7-19(28)8-6-17/h5-10,12-14,20H,2-4,11,15-16H2,1H3,(H,31,35)(H,29,32,34). The molecule has 8 nitrogen and oxygen atoms in total. The lowest BCUT2D eigenvalue weighted by molar-refractivity contribution is -0.115. The van der Waals surface area contributed by atoms with Gasteiger partial charge >= 0.3 is 0 Å². The third kappa shape index (κ3) is 6.69. The topological polar surface area (TPSA) is 96.5 Å². The first kappa shape index (κ1) is 25.4. The van der Waals surface area contributed by atoms with Crippen molar-refractivity contribution in [2.24, 2.45) is 0 Å². The van der Waals surface area contributed by atoms with Crippen LogP contribution < -0.4 is 20.3 Å². The Morgan fingerprint density at radius 3 is 2.75 bits per heavy atom. The first-order valence-corrected chi connectivity index (χ1v) is 12.1. The van der Waals surface area contributed by atoms with E-state index in [-0.39, 0.29) is 30.3 Å². The molecule has 188 valence electrons. The summed E-state index contributed by atoms with van der Waals surface area (Å²) in [5.74, 6) is 0.781. The quantitative estimate of drug-likeness (QED) is 0.459. The second-order valence-corrected chi connectivity index (χ2v) is 8.89. The highest BCUT2D eigenvalue weighted by molar-refractivity contribution is 6.33. The number of nitrogens with one attached hydrogen (secondary N) is 2. The number of rotatable bonds is 8. The zero-order valence-electron chi connectivity index (χ0n) is 19.8. The maximum absolute atomic E-state index is 13.1. The fourth-order valence-electron chi connectivity index (χ4n) is 3.90. The van der Waals surface area contributed by atoms with E-state index >= 15 is 0 Å². The second-order valence-electron chi connectivity index (χ2n) is 8.48. The number of pyridine rings is 2. The van der Waals surface area contributed by atoms with Crippen LogP contribution in [0.2, 0.25) is 5.02 Å². The molecule has 2 aromatic heterocycles. The molecule has 36 heavy (non-hydrogen) atoms. The molecular formula is C26H27ClFN5O3. The van der Waals surface area contributed by atoms with Crippen molar-refractivity contribution in [3.8, 4) is 5.75 Å². The molecule has 4 rings (SSSR count). The van der Waals surface area contributed by atoms with Gasteiger partial charge in [0.05, 0.1) is 11.2 Å². The van der Waals surface area contributed by atoms with Gasteiger partial charge in [-0.1, -0.05) is 30.7 Å². The summed E-state index contributed by atoms with van der Waals surface area (Å²) in [4.78, 5) is 35.1. The highest BCUT2D eigenvalue weighted by Gasteiger charge is 2.24. The average molecular weight is 512 g/mol.